The Balaban J connectivity index is 1.66. The summed E-state index contributed by atoms with van der Waals surface area (Å²) < 4.78 is 5.48. The van der Waals surface area contributed by atoms with Gasteiger partial charge in [0.15, 0.2) is 0 Å². The molecule has 34 heavy (non-hydrogen) atoms. The number of rotatable bonds is 10. The van der Waals surface area contributed by atoms with Crippen LogP contribution in [0.2, 0.25) is 0 Å². The van der Waals surface area contributed by atoms with Crippen LogP contribution in [0.1, 0.15) is 36.8 Å². The number of hydrogen-bond acceptors (Lipinski definition) is 5. The molecule has 3 N–H and O–H groups in total. The van der Waals surface area contributed by atoms with Crippen LogP contribution in [0.5, 0.6) is 0 Å². The normalized spacial score (nSPS) is 12.8. The molecule has 0 heterocycles. The molecule has 0 saturated carbocycles. The molecule has 9 nitrogen and oxygen atoms in total. The van der Waals surface area contributed by atoms with Gasteiger partial charge in [0, 0.05) is 25.9 Å². The Labute approximate surface area is 198 Å². The molecule has 3 rings (SSSR count). The summed E-state index contributed by atoms with van der Waals surface area (Å²) in [7, 11) is 1.42. The highest BCUT2D eigenvalue weighted by molar-refractivity contribution is 5.89. The molecule has 0 aromatic heterocycles. The minimum Gasteiger partial charge on any atom is -0.481 e. The Kier molecular flexibility index (Phi) is 8.24. The standard InChI is InChI=1S/C25H29N3O6/c1-3-26-22(29)14-28(2)24(32)21(12-13-23(30)31)27-25(33)34-15-20-18-10-6-4-8-16(18)17-9-5-7-11-19(17)20/h4-11,20-21H,3,12-15H2,1-2H3,(H,26,29)(H,27,33)(H,30,31). The van der Waals surface area contributed by atoms with Gasteiger partial charge in [0.2, 0.25) is 11.8 Å². The van der Waals surface area contributed by atoms with Gasteiger partial charge in [-0.2, -0.15) is 0 Å². The molecule has 1 atom stereocenters. The largest absolute Gasteiger partial charge is 0.481 e. The molecule has 1 aliphatic rings. The monoisotopic (exact) mass is 467 g/mol. The number of alkyl carbamates (subject to hydrolysis) is 1. The average Bonchev–Trinajstić information content (AvgIpc) is 3.13. The number of likely N-dealkylation sites (N-methyl/N-ethyl adjacent to an activating group) is 2. The van der Waals surface area contributed by atoms with Crippen LogP contribution in [0.25, 0.3) is 11.1 Å². The summed E-state index contributed by atoms with van der Waals surface area (Å²) in [6, 6.07) is 14.7. The first kappa shape index (κ1) is 24.8. The Bertz CT molecular complexity index is 1020. The second kappa shape index (κ2) is 11.3. The number of carboxylic acid groups (broad SMARTS) is 1. The minimum absolute atomic E-state index is 0.0639. The fourth-order valence-corrected chi connectivity index (χ4v) is 4.12. The van der Waals surface area contributed by atoms with E-state index in [0.717, 1.165) is 27.2 Å². The Morgan fingerprint density at radius 3 is 2.18 bits per heavy atom. The zero-order valence-electron chi connectivity index (χ0n) is 19.2. The van der Waals surface area contributed by atoms with Crippen LogP contribution in [0.15, 0.2) is 48.5 Å². The lowest BCUT2D eigenvalue weighted by molar-refractivity contribution is -0.139. The molecule has 0 aliphatic heterocycles. The number of fused-ring (bicyclic) bond motifs is 3. The maximum Gasteiger partial charge on any atom is 0.407 e. The van der Waals surface area contributed by atoms with Crippen molar-refractivity contribution < 1.29 is 29.0 Å². The van der Waals surface area contributed by atoms with Crippen molar-refractivity contribution in [1.29, 1.82) is 0 Å². The molecule has 0 saturated heterocycles. The summed E-state index contributed by atoms with van der Waals surface area (Å²) in [5.74, 6) is -2.16. The van der Waals surface area contributed by atoms with Gasteiger partial charge in [-0.25, -0.2) is 4.79 Å². The summed E-state index contributed by atoms with van der Waals surface area (Å²) in [6.07, 6.45) is -1.27. The molecule has 0 radical (unpaired) electrons. The van der Waals surface area contributed by atoms with E-state index in [0.29, 0.717) is 6.54 Å². The summed E-state index contributed by atoms with van der Waals surface area (Å²) in [5.41, 5.74) is 4.29. The number of nitrogens with one attached hydrogen (secondary N) is 2. The number of benzene rings is 2. The first-order valence-electron chi connectivity index (χ1n) is 11.2. The van der Waals surface area contributed by atoms with Gasteiger partial charge in [-0.1, -0.05) is 48.5 Å². The Morgan fingerprint density at radius 2 is 1.62 bits per heavy atom. The molecule has 3 amide bonds. The fraction of sp³-hybridized carbons (Fsp3) is 0.360. The van der Waals surface area contributed by atoms with Crippen molar-refractivity contribution in [3.63, 3.8) is 0 Å². The van der Waals surface area contributed by atoms with Crippen LogP contribution >= 0.6 is 0 Å². The van der Waals surface area contributed by atoms with Crippen molar-refractivity contribution in [2.24, 2.45) is 0 Å². The molecule has 2 aromatic rings. The second-order valence-corrected chi connectivity index (χ2v) is 8.10. The van der Waals surface area contributed by atoms with E-state index in [-0.39, 0.29) is 37.8 Å². The van der Waals surface area contributed by atoms with Gasteiger partial charge in [0.05, 0.1) is 6.54 Å². The van der Waals surface area contributed by atoms with Gasteiger partial charge >= 0.3 is 12.1 Å². The smallest absolute Gasteiger partial charge is 0.407 e. The number of carbonyl (C=O) groups excluding carboxylic acids is 3. The first-order chi connectivity index (χ1) is 16.3. The first-order valence-corrected chi connectivity index (χ1v) is 11.2. The molecule has 1 unspecified atom stereocenters. The van der Waals surface area contributed by atoms with Crippen LogP contribution in [-0.2, 0) is 19.1 Å². The van der Waals surface area contributed by atoms with Crippen LogP contribution in [0.4, 0.5) is 4.79 Å². The van der Waals surface area contributed by atoms with Gasteiger partial charge in [-0.3, -0.25) is 14.4 Å². The summed E-state index contributed by atoms with van der Waals surface area (Å²) in [6.45, 7) is 2.03. The van der Waals surface area contributed by atoms with Gasteiger partial charge in [0.1, 0.15) is 12.6 Å². The molecule has 1 aliphatic carbocycles. The van der Waals surface area contributed by atoms with Gasteiger partial charge in [-0.05, 0) is 35.6 Å². The quantitative estimate of drug-likeness (QED) is 0.493. The average molecular weight is 468 g/mol. The third-order valence-corrected chi connectivity index (χ3v) is 5.71. The maximum atomic E-state index is 12.8. The van der Waals surface area contributed by atoms with Crippen LogP contribution in [-0.4, -0.2) is 66.7 Å². The predicted octanol–water partition coefficient (Wildman–Crippen LogP) is 2.35. The van der Waals surface area contributed by atoms with Crippen molar-refractivity contribution in [2.75, 3.05) is 26.7 Å². The van der Waals surface area contributed by atoms with E-state index < -0.39 is 24.0 Å². The fourth-order valence-electron chi connectivity index (χ4n) is 4.12. The van der Waals surface area contributed by atoms with E-state index in [1.807, 2.05) is 48.5 Å². The lowest BCUT2D eigenvalue weighted by Crippen LogP contribution is -2.50. The van der Waals surface area contributed by atoms with Crippen molar-refractivity contribution in [3.05, 3.63) is 59.7 Å². The van der Waals surface area contributed by atoms with E-state index in [1.54, 1.807) is 6.92 Å². The summed E-state index contributed by atoms with van der Waals surface area (Å²) in [5, 5.41) is 14.1. The van der Waals surface area contributed by atoms with Gasteiger partial charge in [0.25, 0.3) is 0 Å². The zero-order chi connectivity index (χ0) is 24.7. The number of amides is 3. The zero-order valence-corrected chi connectivity index (χ0v) is 19.2. The number of ether oxygens (including phenoxy) is 1. The van der Waals surface area contributed by atoms with E-state index >= 15 is 0 Å². The number of aliphatic carboxylic acids is 1. The van der Waals surface area contributed by atoms with Crippen LogP contribution in [0, 0.1) is 0 Å². The lowest BCUT2D eigenvalue weighted by atomic mass is 9.98. The summed E-state index contributed by atoms with van der Waals surface area (Å²) in [4.78, 5) is 49.4. The van der Waals surface area contributed by atoms with Gasteiger partial charge in [-0.15, -0.1) is 0 Å². The SMILES string of the molecule is CCNC(=O)CN(C)C(=O)C(CCC(=O)O)NC(=O)OCC1c2ccccc2-c2ccccc21. The Morgan fingerprint density at radius 1 is 1.03 bits per heavy atom. The summed E-state index contributed by atoms with van der Waals surface area (Å²) >= 11 is 0. The highest BCUT2D eigenvalue weighted by Gasteiger charge is 2.30. The second-order valence-electron chi connectivity index (χ2n) is 8.10. The highest BCUT2D eigenvalue weighted by atomic mass is 16.5. The molecule has 0 fully saturated rings. The van der Waals surface area contributed by atoms with Crippen molar-refractivity contribution in [2.45, 2.75) is 31.7 Å². The molecular weight excluding hydrogens is 438 g/mol. The lowest BCUT2D eigenvalue weighted by Gasteiger charge is -2.24. The minimum atomic E-state index is -1.13. The Hall–Kier alpha value is -3.88. The molecule has 0 bridgehead atoms. The third kappa shape index (κ3) is 5.92. The molecule has 2 aromatic carbocycles. The number of nitrogens with zero attached hydrogens (tertiary/aromatic N) is 1. The van der Waals surface area contributed by atoms with E-state index in [4.69, 9.17) is 9.84 Å². The maximum absolute atomic E-state index is 12.8. The molecule has 0 spiro atoms. The molecule has 9 heteroatoms. The van der Waals surface area contributed by atoms with Crippen molar-refractivity contribution in [1.82, 2.24) is 15.5 Å². The highest BCUT2D eigenvalue weighted by Crippen LogP contribution is 2.44. The molecular formula is C25H29N3O6. The van der Waals surface area contributed by atoms with E-state index in [1.165, 1.54) is 7.05 Å². The number of hydrogen-bond donors (Lipinski definition) is 3. The molecule has 180 valence electrons. The van der Waals surface area contributed by atoms with Crippen molar-refractivity contribution in [3.8, 4) is 11.1 Å². The van der Waals surface area contributed by atoms with Gasteiger partial charge < -0.3 is 25.4 Å². The number of carboxylic acids is 1. The van der Waals surface area contributed by atoms with Crippen LogP contribution in [0.3, 0.4) is 0 Å². The van der Waals surface area contributed by atoms with Crippen molar-refractivity contribution >= 4 is 23.9 Å². The van der Waals surface area contributed by atoms with Crippen LogP contribution < -0.4 is 10.6 Å². The topological polar surface area (TPSA) is 125 Å². The predicted molar refractivity (Wildman–Crippen MR) is 125 cm³/mol. The third-order valence-electron chi connectivity index (χ3n) is 5.71. The number of carbonyl (C=O) groups is 4. The van der Waals surface area contributed by atoms with E-state index in [9.17, 15) is 19.2 Å². The van der Waals surface area contributed by atoms with E-state index in [2.05, 4.69) is 10.6 Å².